The Morgan fingerprint density at radius 1 is 1.27 bits per heavy atom. The summed E-state index contributed by atoms with van der Waals surface area (Å²) in [5.74, 6) is 0.538. The molecule has 0 bridgehead atoms. The number of piperidine rings is 1. The molecular formula is C18H21NO3. The standard InChI is InChI=1S/C18H21NO3/c1-19-8-2-3-13(11-19)12-22-17-7-6-14-9-16(18(20)21)5-4-15(14)10-17/h4-7,9-10,13H,2-3,8,11-12H2,1H3,(H,20,21). The van der Waals surface area contributed by atoms with E-state index in [2.05, 4.69) is 11.9 Å². The van der Waals surface area contributed by atoms with E-state index in [-0.39, 0.29) is 0 Å². The van der Waals surface area contributed by atoms with Crippen LogP contribution in [0, 0.1) is 5.92 Å². The van der Waals surface area contributed by atoms with Crippen LogP contribution in [-0.4, -0.2) is 42.7 Å². The fourth-order valence-corrected chi connectivity index (χ4v) is 3.07. The zero-order valence-electron chi connectivity index (χ0n) is 12.8. The van der Waals surface area contributed by atoms with Gasteiger partial charge in [0.2, 0.25) is 0 Å². The Morgan fingerprint density at radius 2 is 2.05 bits per heavy atom. The number of benzene rings is 2. The minimum absolute atomic E-state index is 0.311. The number of rotatable bonds is 4. The summed E-state index contributed by atoms with van der Waals surface area (Å²) >= 11 is 0. The van der Waals surface area contributed by atoms with Gasteiger partial charge in [0.05, 0.1) is 12.2 Å². The van der Waals surface area contributed by atoms with Crippen molar-refractivity contribution in [3.63, 3.8) is 0 Å². The summed E-state index contributed by atoms with van der Waals surface area (Å²) in [5, 5.41) is 10.9. The third-order valence-corrected chi connectivity index (χ3v) is 4.27. The van der Waals surface area contributed by atoms with E-state index in [1.165, 1.54) is 19.4 Å². The molecule has 1 N–H and O–H groups in total. The van der Waals surface area contributed by atoms with Crippen LogP contribution >= 0.6 is 0 Å². The third kappa shape index (κ3) is 3.39. The number of aromatic carboxylic acids is 1. The van der Waals surface area contributed by atoms with Crippen molar-refractivity contribution < 1.29 is 14.6 Å². The summed E-state index contributed by atoms with van der Waals surface area (Å²) < 4.78 is 5.94. The summed E-state index contributed by atoms with van der Waals surface area (Å²) in [6.07, 6.45) is 2.46. The second-order valence-electron chi connectivity index (χ2n) is 6.11. The maximum atomic E-state index is 11.0. The van der Waals surface area contributed by atoms with Gasteiger partial charge in [-0.2, -0.15) is 0 Å². The van der Waals surface area contributed by atoms with E-state index < -0.39 is 5.97 Å². The molecule has 0 aliphatic carbocycles. The molecule has 1 unspecified atom stereocenters. The summed E-state index contributed by atoms with van der Waals surface area (Å²) in [4.78, 5) is 13.3. The van der Waals surface area contributed by atoms with Crippen molar-refractivity contribution in [1.82, 2.24) is 4.90 Å². The van der Waals surface area contributed by atoms with Crippen LogP contribution < -0.4 is 4.74 Å². The summed E-state index contributed by atoms with van der Waals surface area (Å²) in [6, 6.07) is 11.0. The lowest BCUT2D eigenvalue weighted by Gasteiger charge is -2.29. The molecule has 2 aromatic rings. The topological polar surface area (TPSA) is 49.8 Å². The molecule has 1 fully saturated rings. The molecule has 0 spiro atoms. The van der Waals surface area contributed by atoms with E-state index in [9.17, 15) is 4.79 Å². The molecular weight excluding hydrogens is 278 g/mol. The zero-order valence-corrected chi connectivity index (χ0v) is 12.8. The summed E-state index contributed by atoms with van der Waals surface area (Å²) in [5.41, 5.74) is 0.311. The Labute approximate surface area is 130 Å². The van der Waals surface area contributed by atoms with Gasteiger partial charge in [-0.05, 0) is 61.5 Å². The average Bonchev–Trinajstić information content (AvgIpc) is 2.52. The predicted octanol–water partition coefficient (Wildman–Crippen LogP) is 3.26. The van der Waals surface area contributed by atoms with Gasteiger partial charge in [-0.15, -0.1) is 0 Å². The summed E-state index contributed by atoms with van der Waals surface area (Å²) in [7, 11) is 2.15. The largest absolute Gasteiger partial charge is 0.493 e. The maximum Gasteiger partial charge on any atom is 0.335 e. The van der Waals surface area contributed by atoms with Crippen molar-refractivity contribution in [2.24, 2.45) is 5.92 Å². The zero-order chi connectivity index (χ0) is 15.5. The van der Waals surface area contributed by atoms with Crippen LogP contribution in [-0.2, 0) is 0 Å². The molecule has 1 aliphatic heterocycles. The lowest BCUT2D eigenvalue weighted by molar-refractivity contribution is 0.0697. The summed E-state index contributed by atoms with van der Waals surface area (Å²) in [6.45, 7) is 3.01. The smallest absolute Gasteiger partial charge is 0.335 e. The number of carbonyl (C=O) groups is 1. The highest BCUT2D eigenvalue weighted by molar-refractivity contribution is 5.94. The molecule has 3 rings (SSSR count). The fourth-order valence-electron chi connectivity index (χ4n) is 3.07. The van der Waals surface area contributed by atoms with Crippen LogP contribution in [0.25, 0.3) is 10.8 Å². The van der Waals surface area contributed by atoms with Gasteiger partial charge < -0.3 is 14.7 Å². The first kappa shape index (κ1) is 14.9. The maximum absolute atomic E-state index is 11.0. The van der Waals surface area contributed by atoms with Crippen LogP contribution in [0.3, 0.4) is 0 Å². The van der Waals surface area contributed by atoms with Gasteiger partial charge in [0, 0.05) is 12.5 Å². The fraction of sp³-hybridized carbons (Fsp3) is 0.389. The molecule has 22 heavy (non-hydrogen) atoms. The van der Waals surface area contributed by atoms with Crippen molar-refractivity contribution in [3.8, 4) is 5.75 Å². The van der Waals surface area contributed by atoms with Gasteiger partial charge >= 0.3 is 5.97 Å². The number of hydrogen-bond donors (Lipinski definition) is 1. The van der Waals surface area contributed by atoms with Crippen LogP contribution in [0.1, 0.15) is 23.2 Å². The van der Waals surface area contributed by atoms with Gasteiger partial charge in [-0.3, -0.25) is 0 Å². The van der Waals surface area contributed by atoms with Gasteiger partial charge in [-0.25, -0.2) is 4.79 Å². The minimum atomic E-state index is -0.899. The van der Waals surface area contributed by atoms with Gasteiger partial charge in [-0.1, -0.05) is 12.1 Å². The van der Waals surface area contributed by atoms with E-state index in [0.29, 0.717) is 11.5 Å². The first-order valence-electron chi connectivity index (χ1n) is 7.70. The second-order valence-corrected chi connectivity index (χ2v) is 6.11. The number of carboxylic acids is 1. The van der Waals surface area contributed by atoms with Crippen molar-refractivity contribution in [1.29, 1.82) is 0 Å². The number of nitrogens with zero attached hydrogens (tertiary/aromatic N) is 1. The molecule has 4 heteroatoms. The normalized spacial score (nSPS) is 19.2. The Balaban J connectivity index is 1.69. The number of carboxylic acid groups (broad SMARTS) is 1. The molecule has 4 nitrogen and oxygen atoms in total. The predicted molar refractivity (Wildman–Crippen MR) is 86.6 cm³/mol. The molecule has 116 valence electrons. The first-order valence-corrected chi connectivity index (χ1v) is 7.70. The Hall–Kier alpha value is -2.07. The number of fused-ring (bicyclic) bond motifs is 1. The molecule has 1 atom stereocenters. The molecule has 2 aromatic carbocycles. The van der Waals surface area contributed by atoms with Crippen LogP contribution in [0.2, 0.25) is 0 Å². The molecule has 1 aliphatic rings. The van der Waals surface area contributed by atoms with Crippen molar-refractivity contribution in [2.75, 3.05) is 26.7 Å². The number of likely N-dealkylation sites (tertiary alicyclic amines) is 1. The van der Waals surface area contributed by atoms with Gasteiger partial charge in [0.1, 0.15) is 5.75 Å². The van der Waals surface area contributed by atoms with Gasteiger partial charge in [0.25, 0.3) is 0 Å². The van der Waals surface area contributed by atoms with Crippen molar-refractivity contribution >= 4 is 16.7 Å². The molecule has 1 heterocycles. The molecule has 1 saturated heterocycles. The first-order chi connectivity index (χ1) is 10.6. The molecule has 0 amide bonds. The monoisotopic (exact) mass is 299 g/mol. The quantitative estimate of drug-likeness (QED) is 0.941. The molecule has 0 saturated carbocycles. The Morgan fingerprint density at radius 3 is 2.82 bits per heavy atom. The Bertz CT molecular complexity index is 683. The van der Waals surface area contributed by atoms with Crippen LogP contribution in [0.4, 0.5) is 0 Å². The minimum Gasteiger partial charge on any atom is -0.493 e. The second kappa shape index (κ2) is 6.36. The number of hydrogen-bond acceptors (Lipinski definition) is 3. The molecule has 0 aromatic heterocycles. The van der Waals surface area contributed by atoms with Crippen molar-refractivity contribution in [3.05, 3.63) is 42.0 Å². The third-order valence-electron chi connectivity index (χ3n) is 4.27. The van der Waals surface area contributed by atoms with Crippen molar-refractivity contribution in [2.45, 2.75) is 12.8 Å². The van der Waals surface area contributed by atoms with Gasteiger partial charge in [0.15, 0.2) is 0 Å². The highest BCUT2D eigenvalue weighted by Crippen LogP contribution is 2.23. The van der Waals surface area contributed by atoms with E-state index in [1.807, 2.05) is 24.3 Å². The van der Waals surface area contributed by atoms with E-state index >= 15 is 0 Å². The highest BCUT2D eigenvalue weighted by atomic mass is 16.5. The number of ether oxygens (including phenoxy) is 1. The Kier molecular flexibility index (Phi) is 4.29. The average molecular weight is 299 g/mol. The van der Waals surface area contributed by atoms with E-state index in [4.69, 9.17) is 9.84 Å². The van der Waals surface area contributed by atoms with Crippen LogP contribution in [0.15, 0.2) is 36.4 Å². The van der Waals surface area contributed by atoms with E-state index in [0.717, 1.165) is 29.7 Å². The lowest BCUT2D eigenvalue weighted by atomic mass is 9.99. The lowest BCUT2D eigenvalue weighted by Crippen LogP contribution is -2.34. The van der Waals surface area contributed by atoms with E-state index in [1.54, 1.807) is 12.1 Å². The highest BCUT2D eigenvalue weighted by Gasteiger charge is 2.17. The molecule has 0 radical (unpaired) electrons. The SMILES string of the molecule is CN1CCCC(COc2ccc3cc(C(=O)O)ccc3c2)C1. The van der Waals surface area contributed by atoms with Crippen LogP contribution in [0.5, 0.6) is 5.75 Å².